The lowest BCUT2D eigenvalue weighted by atomic mass is 10.1. The first kappa shape index (κ1) is 19.5. The second kappa shape index (κ2) is 8.70. The second-order valence-corrected chi connectivity index (χ2v) is 8.13. The zero-order chi connectivity index (χ0) is 21.0. The van der Waals surface area contributed by atoms with Crippen molar-refractivity contribution in [3.05, 3.63) is 60.0 Å². The Balaban J connectivity index is 1.47. The van der Waals surface area contributed by atoms with Crippen molar-refractivity contribution in [1.29, 1.82) is 5.26 Å². The molecule has 3 aromatic rings. The topological polar surface area (TPSA) is 89.8 Å². The van der Waals surface area contributed by atoms with Crippen LogP contribution in [-0.2, 0) is 0 Å². The summed E-state index contributed by atoms with van der Waals surface area (Å²) in [5.74, 6) is 1.95. The molecule has 4 heterocycles. The predicted octanol–water partition coefficient (Wildman–Crippen LogP) is 3.83. The molecule has 2 N–H and O–H groups in total. The minimum atomic E-state index is 0.569. The summed E-state index contributed by atoms with van der Waals surface area (Å²) in [6, 6.07) is 12.1. The number of rotatable bonds is 5. The summed E-state index contributed by atoms with van der Waals surface area (Å²) in [6.45, 7) is 4.06. The predicted molar refractivity (Wildman–Crippen MR) is 121 cm³/mol. The van der Waals surface area contributed by atoms with Crippen LogP contribution in [0.4, 0.5) is 17.3 Å². The minimum Gasteiger partial charge on any atom is -0.369 e. The highest BCUT2D eigenvalue weighted by molar-refractivity contribution is 5.68. The number of anilines is 3. The zero-order valence-corrected chi connectivity index (χ0v) is 17.4. The van der Waals surface area contributed by atoms with Gasteiger partial charge in [0.25, 0.3) is 0 Å². The molecule has 1 aliphatic heterocycles. The summed E-state index contributed by atoms with van der Waals surface area (Å²) < 4.78 is 0. The summed E-state index contributed by atoms with van der Waals surface area (Å²) in [5.41, 5.74) is 4.91. The van der Waals surface area contributed by atoms with Crippen LogP contribution in [0, 0.1) is 11.3 Å². The molecule has 7 heteroatoms. The van der Waals surface area contributed by atoms with Crippen LogP contribution in [0.5, 0.6) is 0 Å². The molecule has 0 radical (unpaired) electrons. The minimum absolute atomic E-state index is 0.569. The lowest BCUT2D eigenvalue weighted by Crippen LogP contribution is -2.27. The van der Waals surface area contributed by atoms with Gasteiger partial charge in [0.2, 0.25) is 0 Å². The maximum atomic E-state index is 9.16. The normalized spacial score (nSPS) is 16.4. The van der Waals surface area contributed by atoms with Crippen LogP contribution in [0.15, 0.2) is 48.9 Å². The molecular formula is C24H25N7. The van der Waals surface area contributed by atoms with Crippen LogP contribution in [-0.4, -0.2) is 41.1 Å². The molecule has 31 heavy (non-hydrogen) atoms. The Morgan fingerprint density at radius 1 is 1.06 bits per heavy atom. The Morgan fingerprint density at radius 3 is 2.87 bits per heavy atom. The fourth-order valence-corrected chi connectivity index (χ4v) is 3.96. The standard InChI is InChI=1S/C24H25N7/c25-14-17-4-6-28-23(10-17)30-24-13-19(18-2-3-18)12-22(29-24)20-11-21(16-27-15-20)31-8-1-5-26-7-9-31/h4,6,10-13,15-16,18,26H,1-3,5,7-9H2,(H,28,29,30). The Kier molecular flexibility index (Phi) is 5.46. The van der Waals surface area contributed by atoms with Crippen LogP contribution < -0.4 is 15.5 Å². The van der Waals surface area contributed by atoms with E-state index in [1.54, 1.807) is 18.3 Å². The van der Waals surface area contributed by atoms with Gasteiger partial charge in [-0.2, -0.15) is 5.26 Å². The van der Waals surface area contributed by atoms with E-state index in [0.717, 1.165) is 55.4 Å². The van der Waals surface area contributed by atoms with Crippen LogP contribution >= 0.6 is 0 Å². The van der Waals surface area contributed by atoms with E-state index in [4.69, 9.17) is 10.2 Å². The SMILES string of the molecule is N#Cc1ccnc(Nc2cc(C3CC3)cc(-c3cncc(N4CCCNCC4)c3)n2)c1. The molecule has 3 aromatic heterocycles. The summed E-state index contributed by atoms with van der Waals surface area (Å²) in [7, 11) is 0. The molecule has 1 saturated heterocycles. The summed E-state index contributed by atoms with van der Waals surface area (Å²) in [4.78, 5) is 16.1. The number of aromatic nitrogens is 3. The van der Waals surface area contributed by atoms with E-state index in [1.807, 2.05) is 12.4 Å². The van der Waals surface area contributed by atoms with Gasteiger partial charge in [0.15, 0.2) is 0 Å². The fourth-order valence-electron chi connectivity index (χ4n) is 3.96. The monoisotopic (exact) mass is 411 g/mol. The summed E-state index contributed by atoms with van der Waals surface area (Å²) >= 11 is 0. The van der Waals surface area contributed by atoms with Crippen LogP contribution in [0.25, 0.3) is 11.3 Å². The lowest BCUT2D eigenvalue weighted by molar-refractivity contribution is 0.724. The van der Waals surface area contributed by atoms with Crippen LogP contribution in [0.1, 0.15) is 36.3 Å². The molecule has 0 spiro atoms. The molecule has 156 valence electrons. The van der Waals surface area contributed by atoms with E-state index in [0.29, 0.717) is 17.3 Å². The fraction of sp³-hybridized carbons (Fsp3) is 0.333. The smallest absolute Gasteiger partial charge is 0.132 e. The van der Waals surface area contributed by atoms with Crippen molar-refractivity contribution in [2.24, 2.45) is 0 Å². The third kappa shape index (κ3) is 4.65. The average molecular weight is 412 g/mol. The third-order valence-corrected chi connectivity index (χ3v) is 5.77. The van der Waals surface area contributed by atoms with Crippen molar-refractivity contribution in [3.8, 4) is 17.3 Å². The molecular weight excluding hydrogens is 386 g/mol. The highest BCUT2D eigenvalue weighted by atomic mass is 15.2. The number of hydrogen-bond acceptors (Lipinski definition) is 7. The largest absolute Gasteiger partial charge is 0.369 e. The first-order valence-electron chi connectivity index (χ1n) is 10.8. The lowest BCUT2D eigenvalue weighted by Gasteiger charge is -2.22. The van der Waals surface area contributed by atoms with Gasteiger partial charge in [-0.25, -0.2) is 9.97 Å². The molecule has 5 rings (SSSR count). The molecule has 1 aliphatic carbocycles. The third-order valence-electron chi connectivity index (χ3n) is 5.77. The van der Waals surface area contributed by atoms with Crippen LogP contribution in [0.3, 0.4) is 0 Å². The van der Waals surface area contributed by atoms with E-state index >= 15 is 0 Å². The first-order chi connectivity index (χ1) is 15.3. The van der Waals surface area contributed by atoms with Crippen molar-refractivity contribution in [2.45, 2.75) is 25.2 Å². The van der Waals surface area contributed by atoms with Gasteiger partial charge < -0.3 is 15.5 Å². The van der Waals surface area contributed by atoms with Gasteiger partial charge in [-0.15, -0.1) is 0 Å². The molecule has 0 amide bonds. The maximum Gasteiger partial charge on any atom is 0.132 e. The number of pyridine rings is 3. The highest BCUT2D eigenvalue weighted by Crippen LogP contribution is 2.42. The van der Waals surface area contributed by atoms with Gasteiger partial charge in [-0.3, -0.25) is 4.98 Å². The summed E-state index contributed by atoms with van der Waals surface area (Å²) in [5, 5.41) is 15.9. The van der Waals surface area contributed by atoms with E-state index in [9.17, 15) is 0 Å². The number of hydrogen-bond donors (Lipinski definition) is 2. The van der Waals surface area contributed by atoms with E-state index in [2.05, 4.69) is 49.8 Å². The first-order valence-corrected chi connectivity index (χ1v) is 10.8. The van der Waals surface area contributed by atoms with Crippen molar-refractivity contribution >= 4 is 17.3 Å². The Labute approximate surface area is 182 Å². The van der Waals surface area contributed by atoms with Gasteiger partial charge in [0, 0.05) is 37.6 Å². The number of nitriles is 1. The zero-order valence-electron chi connectivity index (χ0n) is 17.4. The Hall–Kier alpha value is -3.50. The highest BCUT2D eigenvalue weighted by Gasteiger charge is 2.25. The van der Waals surface area contributed by atoms with Gasteiger partial charge >= 0.3 is 0 Å². The molecule has 0 bridgehead atoms. The number of nitrogens with zero attached hydrogens (tertiary/aromatic N) is 5. The number of nitrogens with one attached hydrogen (secondary N) is 2. The molecule has 0 unspecified atom stereocenters. The van der Waals surface area contributed by atoms with Gasteiger partial charge in [-0.05, 0) is 67.6 Å². The molecule has 0 aromatic carbocycles. The van der Waals surface area contributed by atoms with Gasteiger partial charge in [0.05, 0.1) is 29.2 Å². The Bertz CT molecular complexity index is 1110. The second-order valence-electron chi connectivity index (χ2n) is 8.13. The van der Waals surface area contributed by atoms with E-state index in [-0.39, 0.29) is 0 Å². The van der Waals surface area contributed by atoms with Crippen molar-refractivity contribution in [2.75, 3.05) is 36.4 Å². The van der Waals surface area contributed by atoms with E-state index in [1.165, 1.54) is 18.4 Å². The maximum absolute atomic E-state index is 9.16. The molecule has 2 fully saturated rings. The average Bonchev–Trinajstić information content (AvgIpc) is 3.67. The van der Waals surface area contributed by atoms with Gasteiger partial charge in [-0.1, -0.05) is 0 Å². The Morgan fingerprint density at radius 2 is 2.00 bits per heavy atom. The van der Waals surface area contributed by atoms with Crippen molar-refractivity contribution < 1.29 is 0 Å². The molecule has 2 aliphatic rings. The quantitative estimate of drug-likeness (QED) is 0.659. The van der Waals surface area contributed by atoms with E-state index < -0.39 is 0 Å². The molecule has 1 saturated carbocycles. The van der Waals surface area contributed by atoms with Crippen molar-refractivity contribution in [3.63, 3.8) is 0 Å². The molecule has 0 atom stereocenters. The van der Waals surface area contributed by atoms with Gasteiger partial charge in [0.1, 0.15) is 11.6 Å². The van der Waals surface area contributed by atoms with Crippen LogP contribution in [0.2, 0.25) is 0 Å². The van der Waals surface area contributed by atoms with Crippen molar-refractivity contribution in [1.82, 2.24) is 20.3 Å². The molecule has 7 nitrogen and oxygen atoms in total. The summed E-state index contributed by atoms with van der Waals surface area (Å²) in [6.07, 6.45) is 9.01.